The number of ether oxygens (including phenoxy) is 2. The molecule has 29 aromatic rings. The van der Waals surface area contributed by atoms with Gasteiger partial charge in [0, 0.05) is 28.7 Å². The van der Waals surface area contributed by atoms with Crippen LogP contribution in [0.4, 0.5) is 23.2 Å². The van der Waals surface area contributed by atoms with Gasteiger partial charge in [-0.1, -0.05) is 0 Å². The van der Waals surface area contributed by atoms with E-state index in [0.717, 1.165) is 65.3 Å². The van der Waals surface area contributed by atoms with E-state index in [9.17, 15) is 14.4 Å². The number of hydrogen-bond acceptors (Lipinski definition) is 6. The first-order valence-corrected chi connectivity index (χ1v) is 30.8. The topological polar surface area (TPSA) is 84.7 Å². The zero-order chi connectivity index (χ0) is 54.8. The van der Waals surface area contributed by atoms with Gasteiger partial charge in [0.2, 0.25) is 0 Å². The van der Waals surface area contributed by atoms with Gasteiger partial charge in [-0.05, 0) is 311 Å². The number of hydrogen-bond donors (Lipinski definition) is 1. The molecule has 7 nitrogen and oxygen atoms in total. The van der Waals surface area contributed by atoms with E-state index in [1.54, 1.807) is 13.8 Å². The largest absolute Gasteiger partial charge is 0.466 e. The molecule has 388 valence electrons. The van der Waals surface area contributed by atoms with E-state index < -0.39 is 69.5 Å². The number of amides is 1. The molecule has 1 fully saturated rings. The Morgan fingerprint density at radius 1 is 0.345 bits per heavy atom. The van der Waals surface area contributed by atoms with Crippen molar-refractivity contribution >= 4 is 314 Å². The van der Waals surface area contributed by atoms with Crippen LogP contribution >= 0.6 is 0 Å². The molecule has 0 aromatic heterocycles. The van der Waals surface area contributed by atoms with Gasteiger partial charge < -0.3 is 19.7 Å². The Bertz CT molecular complexity index is 7610. The molecule has 0 bridgehead atoms. The van der Waals surface area contributed by atoms with Gasteiger partial charge in [-0.25, -0.2) is 22.4 Å². The van der Waals surface area contributed by atoms with Crippen LogP contribution < -0.4 is 10.2 Å². The fraction of sp³-hybridized carbons (Fsp3) is 0.118. The second kappa shape index (κ2) is 9.05. The number of benzene rings is 19. The zero-order valence-corrected chi connectivity index (χ0v) is 44.4. The minimum absolute atomic E-state index is 0.0638. The molecule has 1 atom stereocenters. The predicted molar refractivity (Wildman–Crippen MR) is 336 cm³/mol. The summed E-state index contributed by atoms with van der Waals surface area (Å²) in [5, 5.41) is 73.7. The van der Waals surface area contributed by atoms with Gasteiger partial charge in [0.25, 0.3) is 5.91 Å². The summed E-state index contributed by atoms with van der Waals surface area (Å²) in [4.78, 5) is 42.3. The number of nitrogens with one attached hydrogen (secondary N) is 1. The average Bonchev–Trinajstić information content (AvgIpc) is 1.37. The molecule has 2 spiro atoms. The smallest absolute Gasteiger partial charge is 0.328 e. The molecule has 0 radical (unpaired) electrons. The maximum absolute atomic E-state index is 19.0. The van der Waals surface area contributed by atoms with E-state index in [1.807, 2.05) is 4.90 Å². The highest BCUT2D eigenvalue weighted by atomic mass is 19.2. The molecule has 0 unspecified atom stereocenters. The first-order chi connectivity index (χ1) is 42.7. The molecule has 0 saturated carbocycles. The van der Waals surface area contributed by atoms with Gasteiger partial charge in [0.05, 0.1) is 13.2 Å². The molecule has 1 N–H and O–H groups in total. The number of carbonyl (C=O) groups is 3. The summed E-state index contributed by atoms with van der Waals surface area (Å²) in [5.74, 6) is -10.3. The molecular weight excluding hydrogens is 1100 g/mol. The van der Waals surface area contributed by atoms with Crippen molar-refractivity contribution in [2.24, 2.45) is 0 Å². The number of carbonyl (C=O) groups excluding carboxylic acids is 3. The lowest BCUT2D eigenvalue weighted by Crippen LogP contribution is -2.43. The van der Waals surface area contributed by atoms with Crippen molar-refractivity contribution in [1.29, 1.82) is 0 Å². The molecule has 1 heterocycles. The zero-order valence-electron chi connectivity index (χ0n) is 44.4. The maximum atomic E-state index is 19.0. The lowest BCUT2D eigenvalue weighted by atomic mass is 9.68. The van der Waals surface area contributed by atoms with Gasteiger partial charge in [0.1, 0.15) is 28.4 Å². The summed E-state index contributed by atoms with van der Waals surface area (Å²) in [6.07, 6.45) is -0.692. The Balaban J connectivity index is 0.868. The third-order valence-corrected chi connectivity index (χ3v) is 27.4. The summed E-state index contributed by atoms with van der Waals surface area (Å²) in [6.45, 7) is 3.14. The Labute approximate surface area is 471 Å². The second-order valence-corrected chi connectivity index (χ2v) is 28.6. The van der Waals surface area contributed by atoms with Crippen molar-refractivity contribution in [1.82, 2.24) is 5.32 Å². The first kappa shape index (κ1) is 37.1. The third kappa shape index (κ3) is 2.28. The molecule has 11 heteroatoms. The number of esters is 2. The standard InChI is InChI=1S/C76H16F4N2O5/c1-3-86-8(83)6-5-7(74(85)87-4-2)81-73(84)63-68(77)70(79)72(71(80)69(63)78)82-75-64-55-47-37-27-19-11-9-10-13-17-15(11)23-31-25(17)35-29-21(13)22-14(10)18-16-12(9)20(19)28-34-24(16)32-26(18)36-30(22)40-39(29)49-43(35)53-45(31)51(41(47)33(23)27)59(64)61(53)66-57(49)58-50(40)44(36)54-46(32)52-42(34)48(38(28)37)56(55)65(75)60(52)62(54)67(58)76(66,75)82/h7H,3-6H2,1-2H3,(H,81,84)/t7-,75?,76?,82?/m0/s1. The molecule has 5 aliphatic rings. The predicted octanol–water partition coefficient (Wildman–Crippen LogP) is 18.3. The van der Waals surface area contributed by atoms with Crippen LogP contribution in [0.1, 0.15) is 59.3 Å². The van der Waals surface area contributed by atoms with Crippen molar-refractivity contribution in [2.45, 2.75) is 43.8 Å². The first-order valence-electron chi connectivity index (χ1n) is 30.8. The van der Waals surface area contributed by atoms with Gasteiger partial charge in [0.15, 0.2) is 23.3 Å². The van der Waals surface area contributed by atoms with Crippen molar-refractivity contribution < 1.29 is 41.4 Å². The second-order valence-electron chi connectivity index (χ2n) is 28.6. The molecule has 1 amide bonds. The lowest BCUT2D eigenvalue weighted by Gasteiger charge is -2.29. The Morgan fingerprint density at radius 3 is 0.782 bits per heavy atom. The summed E-state index contributed by atoms with van der Waals surface area (Å²) in [7, 11) is 0. The maximum Gasteiger partial charge on any atom is 0.328 e. The van der Waals surface area contributed by atoms with Gasteiger partial charge in [-0.2, -0.15) is 0 Å². The van der Waals surface area contributed by atoms with Crippen LogP contribution in [0.15, 0.2) is 0 Å². The van der Waals surface area contributed by atoms with E-state index in [4.69, 9.17) is 9.47 Å². The van der Waals surface area contributed by atoms with Crippen molar-refractivity contribution in [3.63, 3.8) is 0 Å². The minimum atomic E-state index is -1.86. The Hall–Kier alpha value is -10.4. The highest BCUT2D eigenvalue weighted by Gasteiger charge is 2.87. The fourth-order valence-corrected chi connectivity index (χ4v) is 26.5. The molecule has 4 aliphatic carbocycles. The summed E-state index contributed by atoms with van der Waals surface area (Å²) in [5.41, 5.74) is -1.04. The summed E-state index contributed by atoms with van der Waals surface area (Å²) in [6, 6.07) is -1.59. The Kier molecular flexibility index (Phi) is 3.86. The van der Waals surface area contributed by atoms with Crippen LogP contribution in [0.25, 0.3) is 291 Å². The summed E-state index contributed by atoms with van der Waals surface area (Å²) < 4.78 is 84.5. The van der Waals surface area contributed by atoms with Gasteiger partial charge in [-0.3, -0.25) is 9.59 Å². The molecule has 29 aromatic carbocycles. The van der Waals surface area contributed by atoms with E-state index in [-0.39, 0.29) is 26.1 Å². The van der Waals surface area contributed by atoms with Crippen LogP contribution in [0.2, 0.25) is 0 Å². The molecule has 34 rings (SSSR count). The van der Waals surface area contributed by atoms with E-state index in [2.05, 4.69) is 5.32 Å². The Morgan fingerprint density at radius 2 is 0.563 bits per heavy atom. The van der Waals surface area contributed by atoms with Crippen LogP contribution in [0, 0.1) is 23.3 Å². The van der Waals surface area contributed by atoms with E-state index >= 15 is 17.6 Å². The monoisotopic (exact) mass is 1110 g/mol. The van der Waals surface area contributed by atoms with E-state index in [0.29, 0.717) is 0 Å². The van der Waals surface area contributed by atoms with E-state index in [1.165, 1.54) is 248 Å². The molecule has 1 saturated heterocycles. The van der Waals surface area contributed by atoms with Crippen molar-refractivity contribution in [2.75, 3.05) is 18.1 Å². The summed E-state index contributed by atoms with van der Waals surface area (Å²) >= 11 is 0. The van der Waals surface area contributed by atoms with Crippen LogP contribution in [-0.4, -0.2) is 37.1 Å². The minimum Gasteiger partial charge on any atom is -0.466 e. The normalized spacial score (nSPS) is 20.4. The van der Waals surface area contributed by atoms with Crippen molar-refractivity contribution in [3.05, 3.63) is 51.1 Å². The number of nitrogens with zero attached hydrogens (tertiary/aromatic N) is 1. The fourth-order valence-electron chi connectivity index (χ4n) is 26.5. The molecule has 87 heavy (non-hydrogen) atoms. The molecular formula is C76H16F4N2O5. The lowest BCUT2D eigenvalue weighted by molar-refractivity contribution is -0.146. The number of halogens is 4. The third-order valence-electron chi connectivity index (χ3n) is 27.4. The average molecular weight is 1110 g/mol. The quantitative estimate of drug-likeness (QED) is 0.0510. The van der Waals surface area contributed by atoms with Crippen LogP contribution in [0.5, 0.6) is 0 Å². The van der Waals surface area contributed by atoms with Crippen LogP contribution in [-0.2, 0) is 30.1 Å². The van der Waals surface area contributed by atoms with Gasteiger partial charge in [-0.15, -0.1) is 0 Å². The highest BCUT2D eigenvalue weighted by Crippen LogP contribution is 2.91. The SMILES string of the molecule is CCOC(=O)CC[C@H](NC(=O)c1c(F)c(F)c(N2C34c5c6c7c8c9c%10c(c%11c%12c3c3c5c5c%13c6c6c7c7c9c9c%14c%10c%10c%11c%11c%12c%12c3c3c5c5c%13c%13c6c6c7c9c7c9c%14c%10c%10c%11c%11c%12c3c3c5c5c%13c6c7c6c9c%10c%11c3c56)C824)c(F)c1F)C(=O)OCC. The number of rotatable bonds is 9. The van der Waals surface area contributed by atoms with Crippen LogP contribution in [0.3, 0.4) is 0 Å². The highest BCUT2D eigenvalue weighted by molar-refractivity contribution is 6.82. The number of anilines is 1. The molecule has 1 aliphatic heterocycles. The van der Waals surface area contributed by atoms with Gasteiger partial charge >= 0.3 is 11.9 Å². The van der Waals surface area contributed by atoms with Crippen molar-refractivity contribution in [3.8, 4) is 0 Å².